The zero-order valence-electron chi connectivity index (χ0n) is 12.6. The molecule has 0 amide bonds. The highest BCUT2D eigenvalue weighted by Gasteiger charge is 2.29. The molecule has 0 unspecified atom stereocenters. The summed E-state index contributed by atoms with van der Waals surface area (Å²) in [7, 11) is 4.50. The van der Waals surface area contributed by atoms with E-state index in [0.717, 1.165) is 5.56 Å². The van der Waals surface area contributed by atoms with Gasteiger partial charge in [0.25, 0.3) is 5.82 Å². The number of pyridine rings is 1. The topological polar surface area (TPSA) is 59.7 Å². The number of nitrogens with zero attached hydrogens (tertiary/aromatic N) is 2. The molecule has 0 saturated heterocycles. The molecule has 1 heterocycles. The van der Waals surface area contributed by atoms with E-state index in [4.69, 9.17) is 9.47 Å². The van der Waals surface area contributed by atoms with Gasteiger partial charge in [-0.2, -0.15) is 0 Å². The lowest BCUT2D eigenvalue weighted by atomic mass is 10.1. The zero-order chi connectivity index (χ0) is 15.3. The first kappa shape index (κ1) is 15.9. The summed E-state index contributed by atoms with van der Waals surface area (Å²) < 4.78 is 11.3. The maximum Gasteiger partial charge on any atom is 0.347 e. The molecule has 0 saturated carbocycles. The van der Waals surface area contributed by atoms with Gasteiger partial charge in [-0.1, -0.05) is 0 Å². The Bertz CT molecular complexity index is 514. The lowest BCUT2D eigenvalue weighted by molar-refractivity contribution is -0.659. The van der Waals surface area contributed by atoms with Crippen molar-refractivity contribution in [3.8, 4) is 0 Å². The molecule has 1 aromatic rings. The number of hydrogen-bond donors (Lipinski definition) is 0. The van der Waals surface area contributed by atoms with Crippen LogP contribution in [-0.4, -0.2) is 39.2 Å². The predicted octanol–water partition coefficient (Wildman–Crippen LogP) is 0.605. The van der Waals surface area contributed by atoms with Crippen molar-refractivity contribution in [1.29, 1.82) is 0 Å². The number of carbonyl (C=O) groups excluding carboxylic acids is 2. The average Bonchev–Trinajstić information content (AvgIpc) is 2.46. The minimum Gasteiger partial charge on any atom is -0.466 e. The molecule has 110 valence electrons. The summed E-state index contributed by atoms with van der Waals surface area (Å²) in [6.45, 7) is 4.39. The van der Waals surface area contributed by atoms with Crippen molar-refractivity contribution in [1.82, 2.24) is 0 Å². The number of carbonyl (C=O) groups is 2. The molecule has 0 spiro atoms. The summed E-state index contributed by atoms with van der Waals surface area (Å²) in [5, 5.41) is 0. The van der Waals surface area contributed by atoms with Crippen LogP contribution in [0.5, 0.6) is 0 Å². The van der Waals surface area contributed by atoms with Gasteiger partial charge in [-0.25, -0.2) is 14.2 Å². The number of rotatable bonds is 5. The molecule has 1 rings (SSSR count). The zero-order valence-corrected chi connectivity index (χ0v) is 12.6. The minimum absolute atomic E-state index is 0.0777. The summed E-state index contributed by atoms with van der Waals surface area (Å²) in [5.74, 6) is -0.133. The van der Waals surface area contributed by atoms with Crippen molar-refractivity contribution in [3.05, 3.63) is 23.4 Å². The summed E-state index contributed by atoms with van der Waals surface area (Å²) in [5.41, 5.74) is 1.26. The molecule has 6 nitrogen and oxygen atoms in total. The van der Waals surface area contributed by atoms with Crippen LogP contribution in [0.1, 0.15) is 22.8 Å². The van der Waals surface area contributed by atoms with Crippen LogP contribution < -0.4 is 9.47 Å². The quantitative estimate of drug-likeness (QED) is 0.584. The second-order valence-corrected chi connectivity index (χ2v) is 4.39. The van der Waals surface area contributed by atoms with Crippen molar-refractivity contribution in [2.45, 2.75) is 13.8 Å². The average molecular weight is 281 g/mol. The number of anilines is 1. The molecule has 0 N–H and O–H groups in total. The third kappa shape index (κ3) is 3.26. The first-order chi connectivity index (χ1) is 9.46. The number of methoxy groups -OCH3 is 2. The Morgan fingerprint density at radius 2 is 1.95 bits per heavy atom. The van der Waals surface area contributed by atoms with E-state index in [1.54, 1.807) is 9.47 Å². The van der Waals surface area contributed by atoms with Crippen LogP contribution in [0.25, 0.3) is 0 Å². The van der Waals surface area contributed by atoms with Gasteiger partial charge < -0.3 is 9.47 Å². The van der Waals surface area contributed by atoms with E-state index in [-0.39, 0.29) is 12.5 Å². The number of esters is 2. The van der Waals surface area contributed by atoms with E-state index in [1.807, 2.05) is 33.2 Å². The maximum absolute atomic E-state index is 12.0. The fourth-order valence-electron chi connectivity index (χ4n) is 2.02. The van der Waals surface area contributed by atoms with Gasteiger partial charge in [-0.15, -0.1) is 0 Å². The third-order valence-electron chi connectivity index (χ3n) is 3.12. The fourth-order valence-corrected chi connectivity index (χ4v) is 2.02. The Balaban J connectivity index is 3.36. The van der Waals surface area contributed by atoms with Crippen LogP contribution in [-0.2, 0) is 21.3 Å². The number of ether oxygens (including phenoxy) is 2. The molecular weight excluding hydrogens is 260 g/mol. The highest BCUT2D eigenvalue weighted by Crippen LogP contribution is 2.20. The van der Waals surface area contributed by atoms with Gasteiger partial charge in [-0.05, 0) is 25.5 Å². The maximum atomic E-state index is 12.0. The normalized spacial score (nSPS) is 10.1. The van der Waals surface area contributed by atoms with Crippen molar-refractivity contribution >= 4 is 17.8 Å². The summed E-state index contributed by atoms with van der Waals surface area (Å²) in [4.78, 5) is 25.3. The molecule has 6 heteroatoms. The molecule has 0 aromatic carbocycles. The Morgan fingerprint density at radius 1 is 1.30 bits per heavy atom. The van der Waals surface area contributed by atoms with Gasteiger partial charge in [0.2, 0.25) is 0 Å². The lowest BCUT2D eigenvalue weighted by Gasteiger charge is -2.19. The largest absolute Gasteiger partial charge is 0.466 e. The SMILES string of the molecule is CCN(CC(=O)OC)c1c(C(=O)OC)c(C)cc[n+]1C. The molecule has 0 aliphatic carbocycles. The predicted molar refractivity (Wildman–Crippen MR) is 73.6 cm³/mol. The molecule has 0 radical (unpaired) electrons. The van der Waals surface area contributed by atoms with E-state index < -0.39 is 5.97 Å². The van der Waals surface area contributed by atoms with E-state index in [0.29, 0.717) is 17.9 Å². The molecule has 0 aliphatic rings. The summed E-state index contributed by atoms with van der Waals surface area (Å²) in [6.07, 6.45) is 1.84. The van der Waals surface area contributed by atoms with Crippen molar-refractivity contribution in [2.75, 3.05) is 32.2 Å². The van der Waals surface area contributed by atoms with Crippen LogP contribution in [0.15, 0.2) is 12.3 Å². The van der Waals surface area contributed by atoms with Gasteiger partial charge in [0.05, 0.1) is 34.0 Å². The highest BCUT2D eigenvalue weighted by molar-refractivity contribution is 5.96. The van der Waals surface area contributed by atoms with Crippen molar-refractivity contribution in [2.24, 2.45) is 7.05 Å². The molecule has 0 bridgehead atoms. The minimum atomic E-state index is -0.419. The number of aromatic nitrogens is 1. The van der Waals surface area contributed by atoms with E-state index >= 15 is 0 Å². The van der Waals surface area contributed by atoms with E-state index in [2.05, 4.69) is 0 Å². The second kappa shape index (κ2) is 6.88. The van der Waals surface area contributed by atoms with E-state index in [1.165, 1.54) is 14.2 Å². The van der Waals surface area contributed by atoms with Crippen molar-refractivity contribution in [3.63, 3.8) is 0 Å². The first-order valence-corrected chi connectivity index (χ1v) is 6.35. The van der Waals surface area contributed by atoms with Crippen LogP contribution in [0.3, 0.4) is 0 Å². The lowest BCUT2D eigenvalue weighted by Crippen LogP contribution is -2.43. The molecule has 1 aromatic heterocycles. The summed E-state index contributed by atoms with van der Waals surface area (Å²) in [6, 6.07) is 1.84. The van der Waals surface area contributed by atoms with Crippen LogP contribution in [0, 0.1) is 6.92 Å². The second-order valence-electron chi connectivity index (χ2n) is 4.39. The monoisotopic (exact) mass is 281 g/mol. The smallest absolute Gasteiger partial charge is 0.347 e. The van der Waals surface area contributed by atoms with Crippen LogP contribution in [0.4, 0.5) is 5.82 Å². The molecule has 20 heavy (non-hydrogen) atoms. The molecule has 0 aliphatic heterocycles. The molecular formula is C14H21N2O4+. The Morgan fingerprint density at radius 3 is 2.45 bits per heavy atom. The standard InChI is InChI=1S/C14H21N2O4/c1-6-16(9-11(17)19-4)13-12(14(18)20-5)10(2)7-8-15(13)3/h7-8H,6,9H2,1-5H3/q+1. The summed E-state index contributed by atoms with van der Waals surface area (Å²) >= 11 is 0. The van der Waals surface area contributed by atoms with E-state index in [9.17, 15) is 9.59 Å². The Labute approximate surface area is 118 Å². The van der Waals surface area contributed by atoms with Gasteiger partial charge in [0, 0.05) is 0 Å². The van der Waals surface area contributed by atoms with Gasteiger partial charge >= 0.3 is 11.9 Å². The van der Waals surface area contributed by atoms with Gasteiger partial charge in [0.15, 0.2) is 12.1 Å². The number of hydrogen-bond acceptors (Lipinski definition) is 5. The van der Waals surface area contributed by atoms with Gasteiger partial charge in [0.1, 0.15) is 0 Å². The van der Waals surface area contributed by atoms with Gasteiger partial charge in [-0.3, -0.25) is 4.90 Å². The van der Waals surface area contributed by atoms with Crippen LogP contribution >= 0.6 is 0 Å². The number of likely N-dealkylation sites (N-methyl/N-ethyl adjacent to an activating group) is 1. The first-order valence-electron chi connectivity index (χ1n) is 6.35. The fraction of sp³-hybridized carbons (Fsp3) is 0.500. The Hall–Kier alpha value is -2.11. The highest BCUT2D eigenvalue weighted by atomic mass is 16.5. The molecule has 0 fully saturated rings. The van der Waals surface area contributed by atoms with Crippen LogP contribution in [0.2, 0.25) is 0 Å². The third-order valence-corrected chi connectivity index (χ3v) is 3.12. The number of aryl methyl sites for hydroxylation is 2. The molecule has 0 atom stereocenters. The van der Waals surface area contributed by atoms with Crippen molar-refractivity contribution < 1.29 is 23.6 Å². The Kier molecular flexibility index (Phi) is 5.49.